The minimum Gasteiger partial charge on any atom is -0.313 e. The molecule has 0 aromatic rings. The van der Waals surface area contributed by atoms with Crippen molar-refractivity contribution in [3.8, 4) is 0 Å². The van der Waals surface area contributed by atoms with Gasteiger partial charge in [0.2, 0.25) is 0 Å². The van der Waals surface area contributed by atoms with Crippen molar-refractivity contribution in [1.29, 1.82) is 0 Å². The maximum atomic E-state index is 3.81. The first-order chi connectivity index (χ1) is 9.25. The van der Waals surface area contributed by atoms with Crippen LogP contribution in [0.4, 0.5) is 0 Å². The van der Waals surface area contributed by atoms with Gasteiger partial charge in [0.25, 0.3) is 0 Å². The number of nitrogens with one attached hydrogen (secondary N) is 1. The number of nitrogens with zero attached hydrogens (tertiary/aromatic N) is 2. The van der Waals surface area contributed by atoms with Gasteiger partial charge >= 0.3 is 0 Å². The summed E-state index contributed by atoms with van der Waals surface area (Å²) < 4.78 is 0. The second kappa shape index (κ2) is 8.23. The van der Waals surface area contributed by atoms with Crippen molar-refractivity contribution in [2.45, 2.75) is 63.5 Å². The van der Waals surface area contributed by atoms with Crippen LogP contribution < -0.4 is 5.32 Å². The van der Waals surface area contributed by atoms with Gasteiger partial charge in [0.15, 0.2) is 0 Å². The van der Waals surface area contributed by atoms with E-state index >= 15 is 0 Å². The van der Waals surface area contributed by atoms with Crippen LogP contribution in [0.15, 0.2) is 0 Å². The number of likely N-dealkylation sites (tertiary alicyclic amines) is 1. The monoisotopic (exact) mass is 267 g/mol. The molecule has 0 spiro atoms. The fraction of sp³-hybridized carbons (Fsp3) is 1.00. The van der Waals surface area contributed by atoms with Gasteiger partial charge in [0, 0.05) is 31.7 Å². The highest BCUT2D eigenvalue weighted by Gasteiger charge is 2.24. The second-order valence-corrected chi connectivity index (χ2v) is 6.74. The summed E-state index contributed by atoms with van der Waals surface area (Å²) in [5.74, 6) is 0. The van der Waals surface area contributed by atoms with Crippen LogP contribution in [0.25, 0.3) is 0 Å². The third-order valence-corrected chi connectivity index (χ3v) is 4.76. The van der Waals surface area contributed by atoms with Crippen molar-refractivity contribution >= 4 is 0 Å². The van der Waals surface area contributed by atoms with Crippen LogP contribution in [0.1, 0.15) is 51.4 Å². The minimum absolute atomic E-state index is 0.797. The Balaban J connectivity index is 1.63. The number of likely N-dealkylation sites (N-methyl/N-ethyl adjacent to an activating group) is 1. The Hall–Kier alpha value is -0.120. The van der Waals surface area contributed by atoms with Gasteiger partial charge in [0.1, 0.15) is 0 Å². The summed E-state index contributed by atoms with van der Waals surface area (Å²) in [6, 6.07) is 1.60. The van der Waals surface area contributed by atoms with Gasteiger partial charge in [-0.05, 0) is 46.3 Å². The zero-order valence-corrected chi connectivity index (χ0v) is 13.0. The van der Waals surface area contributed by atoms with E-state index in [2.05, 4.69) is 29.2 Å². The maximum Gasteiger partial charge on any atom is 0.0223 e. The predicted molar refractivity (Wildman–Crippen MR) is 82.6 cm³/mol. The molecule has 3 heteroatoms. The first-order valence-corrected chi connectivity index (χ1v) is 8.38. The summed E-state index contributed by atoms with van der Waals surface area (Å²) in [7, 11) is 4.39. The smallest absolute Gasteiger partial charge is 0.0223 e. The number of hydrogen-bond acceptors (Lipinski definition) is 3. The molecule has 0 bridgehead atoms. The van der Waals surface area contributed by atoms with Gasteiger partial charge in [-0.25, -0.2) is 0 Å². The Kier molecular flexibility index (Phi) is 6.62. The summed E-state index contributed by atoms with van der Waals surface area (Å²) in [5.41, 5.74) is 0. The number of hydrogen-bond donors (Lipinski definition) is 1. The summed E-state index contributed by atoms with van der Waals surface area (Å²) in [6.07, 6.45) is 11.4. The quantitative estimate of drug-likeness (QED) is 0.745. The molecule has 1 heterocycles. The standard InChI is InChI=1S/C16H33N3/c1-18(2)14-16-10-7-12-19(16)13-11-17-15-8-5-3-4-6-9-15/h15-17H,3-14H2,1-2H3. The van der Waals surface area contributed by atoms with E-state index in [-0.39, 0.29) is 0 Å². The third kappa shape index (κ3) is 5.41. The molecule has 1 unspecified atom stereocenters. The lowest BCUT2D eigenvalue weighted by Crippen LogP contribution is -2.42. The maximum absolute atomic E-state index is 3.81. The Morgan fingerprint density at radius 2 is 1.74 bits per heavy atom. The van der Waals surface area contributed by atoms with Crippen LogP contribution in [-0.2, 0) is 0 Å². The van der Waals surface area contributed by atoms with E-state index in [1.165, 1.54) is 77.5 Å². The fourth-order valence-corrected chi connectivity index (χ4v) is 3.71. The Labute approximate surface area is 119 Å². The summed E-state index contributed by atoms with van der Waals surface area (Å²) in [5, 5.41) is 3.81. The molecule has 112 valence electrons. The average molecular weight is 267 g/mol. The van der Waals surface area contributed by atoms with Gasteiger partial charge in [-0.1, -0.05) is 25.7 Å². The van der Waals surface area contributed by atoms with Gasteiger partial charge in [-0.15, -0.1) is 0 Å². The average Bonchev–Trinajstić information content (AvgIpc) is 2.64. The molecular weight excluding hydrogens is 234 g/mol. The van der Waals surface area contributed by atoms with E-state index < -0.39 is 0 Å². The van der Waals surface area contributed by atoms with Crippen LogP contribution in [0.2, 0.25) is 0 Å². The minimum atomic E-state index is 0.797. The molecule has 1 atom stereocenters. The summed E-state index contributed by atoms with van der Waals surface area (Å²) in [4.78, 5) is 5.03. The van der Waals surface area contributed by atoms with Crippen LogP contribution in [0, 0.1) is 0 Å². The Morgan fingerprint density at radius 3 is 2.42 bits per heavy atom. The van der Waals surface area contributed by atoms with E-state index in [4.69, 9.17) is 0 Å². The Bertz CT molecular complexity index is 234. The summed E-state index contributed by atoms with van der Waals surface area (Å²) >= 11 is 0. The molecule has 0 aromatic carbocycles. The molecule has 1 saturated carbocycles. The van der Waals surface area contributed by atoms with Crippen molar-refractivity contribution in [1.82, 2.24) is 15.1 Å². The molecule has 3 nitrogen and oxygen atoms in total. The van der Waals surface area contributed by atoms with Gasteiger partial charge in [-0.2, -0.15) is 0 Å². The topological polar surface area (TPSA) is 18.5 Å². The van der Waals surface area contributed by atoms with Gasteiger partial charge in [-0.3, -0.25) is 4.90 Å². The lowest BCUT2D eigenvalue weighted by molar-refractivity contribution is 0.205. The lowest BCUT2D eigenvalue weighted by atomic mass is 10.1. The van der Waals surface area contributed by atoms with Crippen LogP contribution >= 0.6 is 0 Å². The van der Waals surface area contributed by atoms with Crippen LogP contribution in [-0.4, -0.2) is 62.2 Å². The molecule has 1 aliphatic heterocycles. The van der Waals surface area contributed by atoms with Crippen molar-refractivity contribution in [2.24, 2.45) is 0 Å². The van der Waals surface area contributed by atoms with Gasteiger partial charge in [0.05, 0.1) is 0 Å². The largest absolute Gasteiger partial charge is 0.313 e. The van der Waals surface area contributed by atoms with Crippen molar-refractivity contribution < 1.29 is 0 Å². The normalized spacial score (nSPS) is 27.0. The van der Waals surface area contributed by atoms with E-state index in [9.17, 15) is 0 Å². The first-order valence-electron chi connectivity index (χ1n) is 8.38. The molecule has 2 aliphatic rings. The molecule has 2 fully saturated rings. The van der Waals surface area contributed by atoms with Gasteiger partial charge < -0.3 is 10.2 Å². The molecule has 19 heavy (non-hydrogen) atoms. The molecule has 0 radical (unpaired) electrons. The summed E-state index contributed by atoms with van der Waals surface area (Å²) in [6.45, 7) is 4.97. The molecule has 0 amide bonds. The van der Waals surface area contributed by atoms with Crippen molar-refractivity contribution in [3.63, 3.8) is 0 Å². The van der Waals surface area contributed by atoms with E-state index in [1.54, 1.807) is 0 Å². The van der Waals surface area contributed by atoms with Crippen LogP contribution in [0.5, 0.6) is 0 Å². The zero-order valence-electron chi connectivity index (χ0n) is 13.0. The van der Waals surface area contributed by atoms with Crippen molar-refractivity contribution in [2.75, 3.05) is 40.3 Å². The molecule has 1 aliphatic carbocycles. The molecule has 0 aromatic heterocycles. The highest BCUT2D eigenvalue weighted by molar-refractivity contribution is 4.82. The molecular formula is C16H33N3. The highest BCUT2D eigenvalue weighted by atomic mass is 15.2. The highest BCUT2D eigenvalue weighted by Crippen LogP contribution is 2.18. The van der Waals surface area contributed by atoms with E-state index in [1.807, 2.05) is 0 Å². The zero-order chi connectivity index (χ0) is 13.5. The molecule has 1 saturated heterocycles. The predicted octanol–water partition coefficient (Wildman–Crippen LogP) is 2.32. The molecule has 1 N–H and O–H groups in total. The van der Waals surface area contributed by atoms with Crippen molar-refractivity contribution in [3.05, 3.63) is 0 Å². The Morgan fingerprint density at radius 1 is 1.00 bits per heavy atom. The van der Waals surface area contributed by atoms with Crippen LogP contribution in [0.3, 0.4) is 0 Å². The van der Waals surface area contributed by atoms with E-state index in [0.717, 1.165) is 12.1 Å². The van der Waals surface area contributed by atoms with E-state index in [0.29, 0.717) is 0 Å². The molecule has 2 rings (SSSR count). The number of rotatable bonds is 6. The first kappa shape index (κ1) is 15.3. The SMILES string of the molecule is CN(C)CC1CCCN1CCNC1CCCCCC1. The third-order valence-electron chi connectivity index (χ3n) is 4.76. The lowest BCUT2D eigenvalue weighted by Gasteiger charge is -2.28. The second-order valence-electron chi connectivity index (χ2n) is 6.74. The fourth-order valence-electron chi connectivity index (χ4n) is 3.71.